The first-order valence-corrected chi connectivity index (χ1v) is 12.6. The van der Waals surface area contributed by atoms with E-state index in [-0.39, 0.29) is 23.5 Å². The lowest BCUT2D eigenvalue weighted by Crippen LogP contribution is -2.43. The number of nitrogens with zero attached hydrogens (tertiary/aromatic N) is 3. The zero-order chi connectivity index (χ0) is 24.1. The lowest BCUT2D eigenvalue weighted by Gasteiger charge is -2.33. The van der Waals surface area contributed by atoms with Crippen LogP contribution in [0.2, 0.25) is 0 Å². The van der Waals surface area contributed by atoms with E-state index in [2.05, 4.69) is 10.2 Å². The number of methoxy groups -OCH3 is 1. The van der Waals surface area contributed by atoms with Crippen molar-refractivity contribution in [3.8, 4) is 11.4 Å². The average molecular weight is 485 g/mol. The predicted molar refractivity (Wildman–Crippen MR) is 135 cm³/mol. The van der Waals surface area contributed by atoms with E-state index in [1.165, 1.54) is 11.3 Å². The molecule has 1 aliphatic heterocycles. The summed E-state index contributed by atoms with van der Waals surface area (Å²) < 4.78 is 13.2. The van der Waals surface area contributed by atoms with Crippen LogP contribution < -0.4 is 20.5 Å². The highest BCUT2D eigenvalue weighted by Gasteiger charge is 2.28. The second-order valence-electron chi connectivity index (χ2n) is 8.71. The third-order valence-electron chi connectivity index (χ3n) is 5.99. The van der Waals surface area contributed by atoms with Gasteiger partial charge in [0.15, 0.2) is 0 Å². The number of hydrogen-bond acceptors (Lipinski definition) is 7. The van der Waals surface area contributed by atoms with Crippen molar-refractivity contribution in [3.05, 3.63) is 46.1 Å². The Morgan fingerprint density at radius 1 is 1.26 bits per heavy atom. The number of ether oxygens (including phenoxy) is 2. The van der Waals surface area contributed by atoms with Gasteiger partial charge in [0.05, 0.1) is 24.4 Å². The summed E-state index contributed by atoms with van der Waals surface area (Å²) in [5, 5.41) is 4.93. The number of benzene rings is 1. The number of piperidine rings is 1. The molecule has 1 aromatic carbocycles. The van der Waals surface area contributed by atoms with Crippen LogP contribution in [0.1, 0.15) is 33.1 Å². The van der Waals surface area contributed by atoms with E-state index in [4.69, 9.17) is 14.5 Å². The van der Waals surface area contributed by atoms with E-state index < -0.39 is 0 Å². The first-order valence-electron chi connectivity index (χ1n) is 11.8. The molecular formula is C25H32N4O4S. The van der Waals surface area contributed by atoms with Gasteiger partial charge in [-0.3, -0.25) is 9.59 Å². The van der Waals surface area contributed by atoms with E-state index in [1.807, 2.05) is 49.6 Å². The average Bonchev–Trinajstić information content (AvgIpc) is 3.33. The van der Waals surface area contributed by atoms with Crippen LogP contribution in [0.3, 0.4) is 0 Å². The summed E-state index contributed by atoms with van der Waals surface area (Å²) in [6.45, 7) is 6.59. The highest BCUT2D eigenvalue weighted by Crippen LogP contribution is 2.27. The Bertz CT molecular complexity index is 1180. The first-order chi connectivity index (χ1) is 16.5. The summed E-state index contributed by atoms with van der Waals surface area (Å²) in [5.41, 5.74) is 1.32. The van der Waals surface area contributed by atoms with E-state index in [0.717, 1.165) is 6.42 Å². The van der Waals surface area contributed by atoms with Crippen LogP contribution in [0.5, 0.6) is 5.75 Å². The third kappa shape index (κ3) is 5.42. The summed E-state index contributed by atoms with van der Waals surface area (Å²) in [6.07, 6.45) is 2.44. The molecule has 1 saturated heterocycles. The molecule has 182 valence electrons. The topological polar surface area (TPSA) is 85.7 Å². The number of nitrogens with one attached hydrogen (secondary N) is 1. The minimum atomic E-state index is -0.0910. The van der Waals surface area contributed by atoms with Gasteiger partial charge < -0.3 is 19.7 Å². The molecule has 3 aromatic rings. The van der Waals surface area contributed by atoms with Crippen molar-refractivity contribution in [2.45, 2.75) is 39.2 Å². The van der Waals surface area contributed by atoms with Crippen molar-refractivity contribution in [1.29, 1.82) is 0 Å². The Kier molecular flexibility index (Phi) is 7.84. The molecule has 34 heavy (non-hydrogen) atoms. The highest BCUT2D eigenvalue weighted by molar-refractivity contribution is 7.17. The third-order valence-corrected chi connectivity index (χ3v) is 6.89. The summed E-state index contributed by atoms with van der Waals surface area (Å²) in [5.74, 6) is 1.34. The van der Waals surface area contributed by atoms with Gasteiger partial charge in [0.2, 0.25) is 11.9 Å². The van der Waals surface area contributed by atoms with Crippen LogP contribution >= 0.6 is 11.3 Å². The molecule has 2 aromatic heterocycles. The summed E-state index contributed by atoms with van der Waals surface area (Å²) >= 11 is 1.40. The summed E-state index contributed by atoms with van der Waals surface area (Å²) in [7, 11) is 1.61. The van der Waals surface area contributed by atoms with Gasteiger partial charge in [-0.05, 0) is 56.7 Å². The van der Waals surface area contributed by atoms with Crippen LogP contribution in [-0.2, 0) is 9.53 Å². The smallest absolute Gasteiger partial charge is 0.277 e. The van der Waals surface area contributed by atoms with Gasteiger partial charge in [0, 0.05) is 38.2 Å². The molecule has 0 aliphatic carbocycles. The van der Waals surface area contributed by atoms with Crippen LogP contribution in [0.15, 0.2) is 40.5 Å². The maximum absolute atomic E-state index is 13.4. The molecule has 0 bridgehead atoms. The zero-order valence-corrected chi connectivity index (χ0v) is 20.8. The number of thiophene rings is 1. The quantitative estimate of drug-likeness (QED) is 0.467. The van der Waals surface area contributed by atoms with Crippen LogP contribution in [0.25, 0.3) is 15.9 Å². The molecule has 0 radical (unpaired) electrons. The molecule has 0 spiro atoms. The molecule has 9 heteroatoms. The Labute approximate surface area is 203 Å². The van der Waals surface area contributed by atoms with Gasteiger partial charge >= 0.3 is 0 Å². The van der Waals surface area contributed by atoms with Gasteiger partial charge in [0.1, 0.15) is 10.4 Å². The molecule has 0 unspecified atom stereocenters. The van der Waals surface area contributed by atoms with Crippen molar-refractivity contribution < 1.29 is 14.3 Å². The van der Waals surface area contributed by atoms with Crippen molar-refractivity contribution >= 4 is 33.4 Å². The largest absolute Gasteiger partial charge is 0.497 e. The molecule has 8 nitrogen and oxygen atoms in total. The number of fused-ring (bicyclic) bond motifs is 1. The van der Waals surface area contributed by atoms with Crippen molar-refractivity contribution in [2.75, 3.05) is 38.3 Å². The molecule has 4 rings (SSSR count). The summed E-state index contributed by atoms with van der Waals surface area (Å²) in [4.78, 5) is 33.0. The Hall–Kier alpha value is -2.91. The fourth-order valence-electron chi connectivity index (χ4n) is 4.18. The fourth-order valence-corrected chi connectivity index (χ4v) is 4.94. The Morgan fingerprint density at radius 3 is 2.79 bits per heavy atom. The number of rotatable bonds is 9. The number of amides is 1. The maximum atomic E-state index is 13.4. The number of carbonyl (C=O) groups is 1. The zero-order valence-electron chi connectivity index (χ0n) is 20.0. The summed E-state index contributed by atoms with van der Waals surface area (Å²) in [6, 6.07) is 9.33. The lowest BCUT2D eigenvalue weighted by molar-refractivity contribution is -0.125. The predicted octanol–water partition coefficient (Wildman–Crippen LogP) is 3.60. The molecular weight excluding hydrogens is 452 g/mol. The number of anilines is 1. The van der Waals surface area contributed by atoms with E-state index in [9.17, 15) is 9.59 Å². The van der Waals surface area contributed by atoms with Crippen molar-refractivity contribution in [1.82, 2.24) is 14.9 Å². The molecule has 0 saturated carbocycles. The standard InChI is InChI=1S/C25H32N4O4S/c1-17(2)33-14-5-11-26-23(30)18-8-12-28(13-9-18)25-27-21-10-15-34-22(21)24(31)29(25)19-6-4-7-20(16-19)32-3/h4,6-7,10,15-18H,5,8-9,11-14H2,1-3H3,(H,26,30). The van der Waals surface area contributed by atoms with Crippen LogP contribution in [0, 0.1) is 5.92 Å². The minimum Gasteiger partial charge on any atom is -0.497 e. The number of aromatic nitrogens is 2. The minimum absolute atomic E-state index is 0.0378. The lowest BCUT2D eigenvalue weighted by atomic mass is 9.96. The molecule has 1 fully saturated rings. The SMILES string of the molecule is COc1cccc(-n2c(N3CCC(C(=O)NCCCOC(C)C)CC3)nc3ccsc3c2=O)c1. The van der Waals surface area contributed by atoms with Gasteiger partial charge in [-0.25, -0.2) is 9.55 Å². The Morgan fingerprint density at radius 2 is 2.06 bits per heavy atom. The fraction of sp³-hybridized carbons (Fsp3) is 0.480. The Balaban J connectivity index is 1.49. The molecule has 1 N–H and O–H groups in total. The van der Waals surface area contributed by atoms with E-state index >= 15 is 0 Å². The normalized spacial score (nSPS) is 14.6. The molecule has 3 heterocycles. The van der Waals surface area contributed by atoms with Gasteiger partial charge in [-0.15, -0.1) is 11.3 Å². The molecule has 1 aliphatic rings. The molecule has 1 amide bonds. The first kappa shape index (κ1) is 24.2. The maximum Gasteiger partial charge on any atom is 0.277 e. The van der Waals surface area contributed by atoms with Gasteiger partial charge in [-0.1, -0.05) is 6.07 Å². The number of carbonyl (C=O) groups excluding carboxylic acids is 1. The monoisotopic (exact) mass is 484 g/mol. The van der Waals surface area contributed by atoms with Crippen molar-refractivity contribution in [3.63, 3.8) is 0 Å². The van der Waals surface area contributed by atoms with E-state index in [1.54, 1.807) is 11.7 Å². The van der Waals surface area contributed by atoms with Gasteiger partial charge in [0.25, 0.3) is 5.56 Å². The van der Waals surface area contributed by atoms with E-state index in [0.29, 0.717) is 66.7 Å². The number of hydrogen-bond donors (Lipinski definition) is 1. The van der Waals surface area contributed by atoms with Crippen LogP contribution in [0.4, 0.5) is 5.95 Å². The van der Waals surface area contributed by atoms with Gasteiger partial charge in [-0.2, -0.15) is 0 Å². The van der Waals surface area contributed by atoms with Crippen LogP contribution in [-0.4, -0.2) is 54.9 Å². The molecule has 0 atom stereocenters. The second kappa shape index (κ2) is 11.0. The van der Waals surface area contributed by atoms with Crippen molar-refractivity contribution in [2.24, 2.45) is 5.92 Å². The second-order valence-corrected chi connectivity index (χ2v) is 9.63. The highest BCUT2D eigenvalue weighted by atomic mass is 32.1.